The lowest BCUT2D eigenvalue weighted by Crippen LogP contribution is -2.11. The second-order valence-corrected chi connectivity index (χ2v) is 5.03. The van der Waals surface area contributed by atoms with Crippen LogP contribution in [0, 0.1) is 0 Å². The van der Waals surface area contributed by atoms with E-state index in [1.165, 1.54) is 15.6 Å². The molecule has 1 unspecified atom stereocenters. The smallest absolute Gasteiger partial charge is 0.0597 e. The quantitative estimate of drug-likeness (QED) is 0.752. The summed E-state index contributed by atoms with van der Waals surface area (Å²) in [4.78, 5) is 0. The molecule has 1 aromatic carbocycles. The Morgan fingerprint density at radius 1 is 1.35 bits per heavy atom. The third kappa shape index (κ3) is 1.75. The normalized spacial score (nSPS) is 13.1. The molecule has 2 N–H and O–H groups in total. The molecular weight excluding hydrogens is 230 g/mol. The Morgan fingerprint density at radius 2 is 2.24 bits per heavy atom. The molecule has 0 aliphatic rings. The molecule has 17 heavy (non-hydrogen) atoms. The van der Waals surface area contributed by atoms with Crippen LogP contribution in [0.3, 0.4) is 0 Å². The number of rotatable bonds is 2. The average Bonchev–Trinajstić information content (AvgIpc) is 2.95. The highest BCUT2D eigenvalue weighted by Crippen LogP contribution is 2.30. The van der Waals surface area contributed by atoms with Gasteiger partial charge in [-0.05, 0) is 22.4 Å². The Bertz CT molecular complexity index is 653. The number of aromatic nitrogens is 2. The standard InChI is InChI=1S/C13H13N3S/c1-16-8-10(7-15-16)12(14)11-4-2-3-9-5-6-17-13(9)11/h2-8,12H,14H2,1H3. The minimum Gasteiger partial charge on any atom is -0.320 e. The number of nitrogens with zero attached hydrogens (tertiary/aromatic N) is 2. The zero-order valence-corrected chi connectivity index (χ0v) is 10.3. The Kier molecular flexibility index (Phi) is 2.46. The van der Waals surface area contributed by atoms with E-state index in [1.807, 2.05) is 19.4 Å². The summed E-state index contributed by atoms with van der Waals surface area (Å²) in [6, 6.07) is 8.29. The van der Waals surface area contributed by atoms with E-state index < -0.39 is 0 Å². The topological polar surface area (TPSA) is 43.8 Å². The Labute approximate surface area is 103 Å². The van der Waals surface area contributed by atoms with Crippen molar-refractivity contribution in [3.8, 4) is 0 Å². The van der Waals surface area contributed by atoms with Crippen molar-refractivity contribution in [1.82, 2.24) is 9.78 Å². The molecule has 0 aliphatic carbocycles. The van der Waals surface area contributed by atoms with Crippen LogP contribution in [0.5, 0.6) is 0 Å². The van der Waals surface area contributed by atoms with E-state index in [4.69, 9.17) is 5.73 Å². The molecule has 2 aromatic heterocycles. The Hall–Kier alpha value is -1.65. The number of aryl methyl sites for hydroxylation is 1. The van der Waals surface area contributed by atoms with E-state index in [2.05, 4.69) is 34.7 Å². The first-order valence-corrected chi connectivity index (χ1v) is 6.34. The molecule has 0 spiro atoms. The Morgan fingerprint density at radius 3 is 3.00 bits per heavy atom. The predicted octanol–water partition coefficient (Wildman–Crippen LogP) is 2.68. The Balaban J connectivity index is 2.12. The summed E-state index contributed by atoms with van der Waals surface area (Å²) in [7, 11) is 1.90. The van der Waals surface area contributed by atoms with E-state index in [0.717, 1.165) is 5.56 Å². The number of fused-ring (bicyclic) bond motifs is 1. The van der Waals surface area contributed by atoms with Crippen LogP contribution in [-0.4, -0.2) is 9.78 Å². The first kappa shape index (κ1) is 10.5. The van der Waals surface area contributed by atoms with E-state index in [0.29, 0.717) is 0 Å². The number of thiophene rings is 1. The molecule has 4 heteroatoms. The fourth-order valence-corrected chi connectivity index (χ4v) is 3.00. The highest BCUT2D eigenvalue weighted by Gasteiger charge is 2.14. The molecule has 0 bridgehead atoms. The second-order valence-electron chi connectivity index (χ2n) is 4.11. The molecule has 0 amide bonds. The molecule has 1 atom stereocenters. The van der Waals surface area contributed by atoms with E-state index in [-0.39, 0.29) is 6.04 Å². The lowest BCUT2D eigenvalue weighted by molar-refractivity contribution is 0.765. The van der Waals surface area contributed by atoms with Gasteiger partial charge in [-0.25, -0.2) is 0 Å². The summed E-state index contributed by atoms with van der Waals surface area (Å²) in [5.41, 5.74) is 8.53. The van der Waals surface area contributed by atoms with Gasteiger partial charge in [0.1, 0.15) is 0 Å². The number of benzene rings is 1. The van der Waals surface area contributed by atoms with Crippen LogP contribution >= 0.6 is 11.3 Å². The van der Waals surface area contributed by atoms with Crippen LogP contribution in [-0.2, 0) is 7.05 Å². The summed E-state index contributed by atoms with van der Waals surface area (Å²) in [5.74, 6) is 0. The fraction of sp³-hybridized carbons (Fsp3) is 0.154. The van der Waals surface area contributed by atoms with Gasteiger partial charge >= 0.3 is 0 Å². The van der Waals surface area contributed by atoms with Crippen molar-refractivity contribution >= 4 is 21.4 Å². The van der Waals surface area contributed by atoms with Crippen LogP contribution in [0.1, 0.15) is 17.2 Å². The van der Waals surface area contributed by atoms with Gasteiger partial charge < -0.3 is 5.73 Å². The highest BCUT2D eigenvalue weighted by molar-refractivity contribution is 7.17. The molecule has 2 heterocycles. The minimum absolute atomic E-state index is 0.106. The van der Waals surface area contributed by atoms with Gasteiger partial charge in [0, 0.05) is 23.5 Å². The molecule has 0 aliphatic heterocycles. The maximum absolute atomic E-state index is 6.31. The van der Waals surface area contributed by atoms with Gasteiger partial charge in [-0.1, -0.05) is 18.2 Å². The predicted molar refractivity (Wildman–Crippen MR) is 71.1 cm³/mol. The van der Waals surface area contributed by atoms with E-state index in [9.17, 15) is 0 Å². The van der Waals surface area contributed by atoms with Crippen LogP contribution in [0.4, 0.5) is 0 Å². The summed E-state index contributed by atoms with van der Waals surface area (Å²) in [5, 5.41) is 7.53. The number of hydrogen-bond donors (Lipinski definition) is 1. The van der Waals surface area contributed by atoms with E-state index in [1.54, 1.807) is 16.0 Å². The average molecular weight is 243 g/mol. The highest BCUT2D eigenvalue weighted by atomic mass is 32.1. The number of nitrogens with two attached hydrogens (primary N) is 1. The molecule has 86 valence electrons. The van der Waals surface area contributed by atoms with Gasteiger partial charge in [-0.15, -0.1) is 11.3 Å². The van der Waals surface area contributed by atoms with Crippen LogP contribution in [0.2, 0.25) is 0 Å². The van der Waals surface area contributed by atoms with Crippen molar-refractivity contribution < 1.29 is 0 Å². The third-order valence-corrected chi connectivity index (χ3v) is 3.91. The maximum atomic E-state index is 6.31. The van der Waals surface area contributed by atoms with Crippen LogP contribution < -0.4 is 5.73 Å². The molecule has 3 rings (SSSR count). The summed E-state index contributed by atoms with van der Waals surface area (Å²) in [6.45, 7) is 0. The van der Waals surface area contributed by atoms with Gasteiger partial charge in [-0.2, -0.15) is 5.10 Å². The van der Waals surface area contributed by atoms with Gasteiger partial charge in [0.25, 0.3) is 0 Å². The molecule has 0 fully saturated rings. The molecule has 0 saturated heterocycles. The SMILES string of the molecule is Cn1cc(C(N)c2cccc3ccsc23)cn1. The monoisotopic (exact) mass is 243 g/mol. The lowest BCUT2D eigenvalue weighted by Gasteiger charge is -2.10. The molecule has 0 saturated carbocycles. The lowest BCUT2D eigenvalue weighted by atomic mass is 10.0. The number of hydrogen-bond acceptors (Lipinski definition) is 3. The van der Waals surface area contributed by atoms with Crippen molar-refractivity contribution in [1.29, 1.82) is 0 Å². The van der Waals surface area contributed by atoms with E-state index >= 15 is 0 Å². The second kappa shape index (κ2) is 3.98. The van der Waals surface area contributed by atoms with Gasteiger partial charge in [-0.3, -0.25) is 4.68 Å². The van der Waals surface area contributed by atoms with Crippen molar-refractivity contribution in [2.24, 2.45) is 12.8 Å². The zero-order chi connectivity index (χ0) is 11.8. The minimum atomic E-state index is -0.106. The van der Waals surface area contributed by atoms with Crippen LogP contribution in [0.15, 0.2) is 42.0 Å². The summed E-state index contributed by atoms with van der Waals surface area (Å²) in [6.07, 6.45) is 3.80. The first-order valence-electron chi connectivity index (χ1n) is 5.46. The summed E-state index contributed by atoms with van der Waals surface area (Å²) >= 11 is 1.74. The van der Waals surface area contributed by atoms with Gasteiger partial charge in [0.05, 0.1) is 12.2 Å². The van der Waals surface area contributed by atoms with Crippen molar-refractivity contribution in [3.05, 3.63) is 53.2 Å². The van der Waals surface area contributed by atoms with Crippen molar-refractivity contribution in [2.75, 3.05) is 0 Å². The molecule has 3 nitrogen and oxygen atoms in total. The van der Waals surface area contributed by atoms with Crippen molar-refractivity contribution in [2.45, 2.75) is 6.04 Å². The first-order chi connectivity index (χ1) is 8.25. The van der Waals surface area contributed by atoms with Gasteiger partial charge in [0.15, 0.2) is 0 Å². The largest absolute Gasteiger partial charge is 0.320 e. The summed E-state index contributed by atoms with van der Waals surface area (Å²) < 4.78 is 3.05. The molecular formula is C13H13N3S. The maximum Gasteiger partial charge on any atom is 0.0597 e. The van der Waals surface area contributed by atoms with Crippen molar-refractivity contribution in [3.63, 3.8) is 0 Å². The third-order valence-electron chi connectivity index (χ3n) is 2.93. The zero-order valence-electron chi connectivity index (χ0n) is 9.50. The van der Waals surface area contributed by atoms with Gasteiger partial charge in [0.2, 0.25) is 0 Å². The molecule has 0 radical (unpaired) electrons. The van der Waals surface area contributed by atoms with Crippen LogP contribution in [0.25, 0.3) is 10.1 Å². The fourth-order valence-electron chi connectivity index (χ4n) is 2.04. The molecule has 3 aromatic rings.